The zero-order valence-electron chi connectivity index (χ0n) is 9.48. The number of halogens is 1. The second-order valence-corrected chi connectivity index (χ2v) is 3.70. The second-order valence-electron chi connectivity index (χ2n) is 3.70. The van der Waals surface area contributed by atoms with Crippen LogP contribution in [0.3, 0.4) is 0 Å². The van der Waals surface area contributed by atoms with Crippen molar-refractivity contribution < 1.29 is 9.47 Å². The van der Waals surface area contributed by atoms with Gasteiger partial charge >= 0.3 is 0 Å². The van der Waals surface area contributed by atoms with Crippen molar-refractivity contribution in [3.05, 3.63) is 0 Å². The smallest absolute Gasteiger partial charge is 0.0698 e. The van der Waals surface area contributed by atoms with Crippen LogP contribution < -0.4 is 5.73 Å². The first-order valence-corrected chi connectivity index (χ1v) is 5.39. The van der Waals surface area contributed by atoms with E-state index < -0.39 is 0 Å². The maximum absolute atomic E-state index is 5.35. The molecule has 1 atom stereocenters. The Morgan fingerprint density at radius 3 is 2.87 bits per heavy atom. The molecule has 4 nitrogen and oxygen atoms in total. The first-order valence-electron chi connectivity index (χ1n) is 5.39. The minimum atomic E-state index is 0. The monoisotopic (exact) mass is 238 g/mol. The summed E-state index contributed by atoms with van der Waals surface area (Å²) in [6, 6.07) is 0. The Kier molecular flexibility index (Phi) is 9.44. The number of methoxy groups -OCH3 is 1. The van der Waals surface area contributed by atoms with E-state index in [0.29, 0.717) is 19.3 Å². The van der Waals surface area contributed by atoms with Gasteiger partial charge in [0.05, 0.1) is 19.3 Å². The summed E-state index contributed by atoms with van der Waals surface area (Å²) < 4.78 is 10.7. The number of hydrogen-bond acceptors (Lipinski definition) is 4. The summed E-state index contributed by atoms with van der Waals surface area (Å²) in [5, 5.41) is 0. The van der Waals surface area contributed by atoms with Gasteiger partial charge in [-0.2, -0.15) is 0 Å². The van der Waals surface area contributed by atoms with Gasteiger partial charge in [0.25, 0.3) is 0 Å². The minimum Gasteiger partial charge on any atom is -0.380 e. The van der Waals surface area contributed by atoms with E-state index in [1.54, 1.807) is 7.11 Å². The van der Waals surface area contributed by atoms with Gasteiger partial charge in [0, 0.05) is 26.7 Å². The van der Waals surface area contributed by atoms with Gasteiger partial charge in [-0.3, -0.25) is 4.90 Å². The molecule has 1 unspecified atom stereocenters. The molecule has 1 aliphatic rings. The van der Waals surface area contributed by atoms with Gasteiger partial charge in [0.2, 0.25) is 0 Å². The molecule has 0 bridgehead atoms. The first-order chi connectivity index (χ1) is 6.86. The van der Waals surface area contributed by atoms with Crippen LogP contribution in [-0.4, -0.2) is 57.5 Å². The van der Waals surface area contributed by atoms with Crippen LogP contribution in [0.2, 0.25) is 0 Å². The number of likely N-dealkylation sites (tertiary alicyclic amines) is 1. The lowest BCUT2D eigenvalue weighted by atomic mass is 10.1. The zero-order valence-corrected chi connectivity index (χ0v) is 10.3. The summed E-state index contributed by atoms with van der Waals surface area (Å²) in [6.07, 6.45) is 2.84. The normalized spacial score (nSPS) is 22.4. The molecule has 0 radical (unpaired) electrons. The second kappa shape index (κ2) is 9.36. The van der Waals surface area contributed by atoms with E-state index in [1.807, 2.05) is 0 Å². The highest BCUT2D eigenvalue weighted by Gasteiger charge is 2.18. The van der Waals surface area contributed by atoms with Crippen LogP contribution in [0.25, 0.3) is 0 Å². The standard InChI is InChI=1S/C10H22N2O2.ClH/c1-13-10-3-2-5-12(9-10)6-8-14-7-4-11;/h10H,2-9,11H2,1H3;1H. The first kappa shape index (κ1) is 15.1. The summed E-state index contributed by atoms with van der Waals surface area (Å²) in [5.74, 6) is 0. The van der Waals surface area contributed by atoms with E-state index >= 15 is 0 Å². The van der Waals surface area contributed by atoms with Gasteiger partial charge in [-0.25, -0.2) is 0 Å². The molecule has 1 rings (SSSR count). The molecule has 92 valence electrons. The molecule has 0 aliphatic carbocycles. The molecule has 1 aliphatic heterocycles. The fraction of sp³-hybridized carbons (Fsp3) is 1.00. The average Bonchev–Trinajstić information content (AvgIpc) is 2.25. The van der Waals surface area contributed by atoms with E-state index in [2.05, 4.69) is 4.90 Å². The lowest BCUT2D eigenvalue weighted by molar-refractivity contribution is 0.0186. The Labute approximate surface area is 98.5 Å². The molecular formula is C10H23ClN2O2. The van der Waals surface area contributed by atoms with E-state index in [4.69, 9.17) is 15.2 Å². The van der Waals surface area contributed by atoms with Gasteiger partial charge in [0.1, 0.15) is 0 Å². The van der Waals surface area contributed by atoms with Crippen LogP contribution in [0.5, 0.6) is 0 Å². The van der Waals surface area contributed by atoms with Crippen molar-refractivity contribution in [1.82, 2.24) is 4.90 Å². The predicted molar refractivity (Wildman–Crippen MR) is 63.6 cm³/mol. The van der Waals surface area contributed by atoms with Crippen LogP contribution in [0.1, 0.15) is 12.8 Å². The Morgan fingerprint density at radius 2 is 2.20 bits per heavy atom. The van der Waals surface area contributed by atoms with Crippen LogP contribution in [0.15, 0.2) is 0 Å². The topological polar surface area (TPSA) is 47.7 Å². The van der Waals surface area contributed by atoms with Gasteiger partial charge in [-0.15, -0.1) is 12.4 Å². The van der Waals surface area contributed by atoms with E-state index in [9.17, 15) is 0 Å². The Hall–Kier alpha value is 0.130. The van der Waals surface area contributed by atoms with Gasteiger partial charge < -0.3 is 15.2 Å². The van der Waals surface area contributed by atoms with Crippen LogP contribution in [0.4, 0.5) is 0 Å². The van der Waals surface area contributed by atoms with Crippen molar-refractivity contribution in [2.24, 2.45) is 5.73 Å². The third-order valence-corrected chi connectivity index (χ3v) is 2.61. The fourth-order valence-electron chi connectivity index (χ4n) is 1.79. The average molecular weight is 239 g/mol. The minimum absolute atomic E-state index is 0. The quantitative estimate of drug-likeness (QED) is 0.685. The molecule has 0 aromatic rings. The van der Waals surface area contributed by atoms with Crippen molar-refractivity contribution in [1.29, 1.82) is 0 Å². The van der Waals surface area contributed by atoms with Crippen molar-refractivity contribution in [2.45, 2.75) is 18.9 Å². The van der Waals surface area contributed by atoms with Crippen molar-refractivity contribution in [2.75, 3.05) is 46.5 Å². The number of hydrogen-bond donors (Lipinski definition) is 1. The molecule has 1 fully saturated rings. The van der Waals surface area contributed by atoms with E-state index in [-0.39, 0.29) is 12.4 Å². The number of piperidine rings is 1. The molecule has 0 amide bonds. The summed E-state index contributed by atoms with van der Waals surface area (Å²) >= 11 is 0. The zero-order chi connectivity index (χ0) is 10.2. The summed E-state index contributed by atoms with van der Waals surface area (Å²) in [4.78, 5) is 2.40. The molecule has 0 spiro atoms. The number of rotatable bonds is 6. The number of nitrogens with two attached hydrogens (primary N) is 1. The Balaban J connectivity index is 0.00000196. The Bertz CT molecular complexity index is 149. The predicted octanol–water partition coefficient (Wildman–Crippen LogP) is 0.494. The molecule has 1 heterocycles. The highest BCUT2D eigenvalue weighted by molar-refractivity contribution is 5.85. The van der Waals surface area contributed by atoms with Gasteiger partial charge in [-0.05, 0) is 19.4 Å². The highest BCUT2D eigenvalue weighted by Crippen LogP contribution is 2.11. The Morgan fingerprint density at radius 1 is 1.40 bits per heavy atom. The van der Waals surface area contributed by atoms with Crippen LogP contribution in [0, 0.1) is 0 Å². The molecule has 5 heteroatoms. The molecular weight excluding hydrogens is 216 g/mol. The molecule has 0 aromatic carbocycles. The molecule has 0 saturated carbocycles. The maximum Gasteiger partial charge on any atom is 0.0698 e. The maximum atomic E-state index is 5.35. The number of ether oxygens (including phenoxy) is 2. The summed E-state index contributed by atoms with van der Waals surface area (Å²) in [6.45, 7) is 5.28. The van der Waals surface area contributed by atoms with Crippen LogP contribution >= 0.6 is 12.4 Å². The fourth-order valence-corrected chi connectivity index (χ4v) is 1.79. The summed E-state index contributed by atoms with van der Waals surface area (Å²) in [7, 11) is 1.79. The third-order valence-electron chi connectivity index (χ3n) is 2.61. The highest BCUT2D eigenvalue weighted by atomic mass is 35.5. The molecule has 2 N–H and O–H groups in total. The van der Waals surface area contributed by atoms with Crippen molar-refractivity contribution in [3.63, 3.8) is 0 Å². The SMILES string of the molecule is COC1CCCN(CCOCCN)C1.Cl. The van der Waals surface area contributed by atoms with Crippen molar-refractivity contribution >= 4 is 12.4 Å². The van der Waals surface area contributed by atoms with Crippen LogP contribution in [-0.2, 0) is 9.47 Å². The summed E-state index contributed by atoms with van der Waals surface area (Å²) in [5.41, 5.74) is 5.33. The number of nitrogens with zero attached hydrogens (tertiary/aromatic N) is 1. The van der Waals surface area contributed by atoms with Crippen molar-refractivity contribution in [3.8, 4) is 0 Å². The largest absolute Gasteiger partial charge is 0.380 e. The molecule has 15 heavy (non-hydrogen) atoms. The lowest BCUT2D eigenvalue weighted by Gasteiger charge is -2.31. The van der Waals surface area contributed by atoms with E-state index in [0.717, 1.165) is 19.7 Å². The van der Waals surface area contributed by atoms with E-state index in [1.165, 1.54) is 19.4 Å². The molecule has 0 aromatic heterocycles. The third kappa shape index (κ3) is 6.33. The lowest BCUT2D eigenvalue weighted by Crippen LogP contribution is -2.40. The molecule has 1 saturated heterocycles. The van der Waals surface area contributed by atoms with Gasteiger partial charge in [0.15, 0.2) is 0 Å². The van der Waals surface area contributed by atoms with Gasteiger partial charge in [-0.1, -0.05) is 0 Å².